The highest BCUT2D eigenvalue weighted by Crippen LogP contribution is 2.34. The lowest BCUT2D eigenvalue weighted by atomic mass is 9.96. The standard InChI is InChI=1S/C36H46O20/c1-15-26(44)28(46)30(48)35(52-15)56-32-31(55-25(43)8-5-17-3-6-19(38)21(40)11-17)24(14-51-34-29(47)27(45)23(42)13-50-34)54-36(33(32)53-16(2)37)49-10-9-18-4-7-20(39)22(41)12-18/h3-8,11-12,15,23-24,26-36,38-42,44-48H,9-10,13-14H2,1-2H3/t15-,23+,24+,26-,27-,28+,29+,30+,31+,32-,33+,34+,35-,36+/m0/s1. The van der Waals surface area contributed by atoms with Gasteiger partial charge in [0.2, 0.25) is 0 Å². The molecule has 0 bridgehead atoms. The first-order valence-corrected chi connectivity index (χ1v) is 17.5. The Morgan fingerprint density at radius 3 is 2.09 bits per heavy atom. The Morgan fingerprint density at radius 2 is 1.41 bits per heavy atom. The van der Waals surface area contributed by atoms with Crippen molar-refractivity contribution in [1.29, 1.82) is 0 Å². The van der Waals surface area contributed by atoms with Gasteiger partial charge < -0.3 is 89.0 Å². The van der Waals surface area contributed by atoms with Crippen molar-refractivity contribution in [2.45, 2.75) is 106 Å². The number of phenolic OH excluding ortho intramolecular Hbond substituents is 4. The Kier molecular flexibility index (Phi) is 14.5. The number of aliphatic hydroxyl groups excluding tert-OH is 6. The van der Waals surface area contributed by atoms with Crippen molar-refractivity contribution < 1.29 is 98.5 Å². The van der Waals surface area contributed by atoms with Crippen LogP contribution in [0.2, 0.25) is 0 Å². The van der Waals surface area contributed by atoms with Crippen LogP contribution in [0.1, 0.15) is 25.0 Å². The van der Waals surface area contributed by atoms with Gasteiger partial charge in [0.15, 0.2) is 54.1 Å². The Balaban J connectivity index is 1.49. The second-order valence-corrected chi connectivity index (χ2v) is 13.4. The average Bonchev–Trinajstić information content (AvgIpc) is 3.15. The number of aromatic hydroxyl groups is 4. The molecular weight excluding hydrogens is 752 g/mol. The zero-order chi connectivity index (χ0) is 40.8. The average molecular weight is 799 g/mol. The lowest BCUT2D eigenvalue weighted by Crippen LogP contribution is -2.66. The van der Waals surface area contributed by atoms with Gasteiger partial charge in [0.05, 0.1) is 25.9 Å². The fourth-order valence-corrected chi connectivity index (χ4v) is 6.16. The highest BCUT2D eigenvalue weighted by atomic mass is 16.8. The molecule has 14 atom stereocenters. The van der Waals surface area contributed by atoms with Crippen LogP contribution in [0.4, 0.5) is 0 Å². The van der Waals surface area contributed by atoms with E-state index in [1.807, 2.05) is 0 Å². The molecule has 0 radical (unpaired) electrons. The predicted octanol–water partition coefficient (Wildman–Crippen LogP) is -1.98. The van der Waals surface area contributed by atoms with E-state index >= 15 is 0 Å². The van der Waals surface area contributed by atoms with Crippen molar-refractivity contribution in [3.05, 3.63) is 53.6 Å². The maximum absolute atomic E-state index is 13.4. The highest BCUT2D eigenvalue weighted by molar-refractivity contribution is 5.87. The van der Waals surface area contributed by atoms with Crippen LogP contribution in [0.15, 0.2) is 42.5 Å². The van der Waals surface area contributed by atoms with E-state index in [2.05, 4.69) is 0 Å². The minimum atomic E-state index is -1.89. The number of ether oxygens (including phenoxy) is 8. The molecule has 3 aliphatic rings. The molecule has 20 heteroatoms. The van der Waals surface area contributed by atoms with E-state index in [0.717, 1.165) is 19.1 Å². The summed E-state index contributed by atoms with van der Waals surface area (Å²) < 4.78 is 46.4. The molecule has 56 heavy (non-hydrogen) atoms. The summed E-state index contributed by atoms with van der Waals surface area (Å²) >= 11 is 0. The van der Waals surface area contributed by atoms with Crippen molar-refractivity contribution in [2.24, 2.45) is 0 Å². The normalized spacial score (nSPS) is 34.9. The van der Waals surface area contributed by atoms with E-state index in [4.69, 9.17) is 37.9 Å². The molecule has 2 aromatic carbocycles. The van der Waals surface area contributed by atoms with E-state index in [0.29, 0.717) is 5.56 Å². The van der Waals surface area contributed by atoms with Gasteiger partial charge in [-0.25, -0.2) is 4.79 Å². The lowest BCUT2D eigenvalue weighted by Gasteiger charge is -2.47. The van der Waals surface area contributed by atoms with Crippen LogP contribution in [0, 0.1) is 0 Å². The Morgan fingerprint density at radius 1 is 0.732 bits per heavy atom. The Hall–Kier alpha value is -4.16. The number of carbonyl (C=O) groups is 2. The second kappa shape index (κ2) is 18.9. The summed E-state index contributed by atoms with van der Waals surface area (Å²) in [5.41, 5.74) is 0.778. The smallest absolute Gasteiger partial charge is 0.331 e. The van der Waals surface area contributed by atoms with Gasteiger partial charge in [0, 0.05) is 13.0 Å². The number of hydrogen-bond acceptors (Lipinski definition) is 20. The number of aliphatic hydroxyl groups is 6. The van der Waals surface area contributed by atoms with E-state index in [1.165, 1.54) is 43.3 Å². The number of esters is 2. The zero-order valence-corrected chi connectivity index (χ0v) is 30.1. The predicted molar refractivity (Wildman–Crippen MR) is 183 cm³/mol. The second-order valence-electron chi connectivity index (χ2n) is 13.4. The molecule has 0 spiro atoms. The van der Waals surface area contributed by atoms with Crippen LogP contribution in [0.25, 0.3) is 6.08 Å². The maximum atomic E-state index is 13.4. The largest absolute Gasteiger partial charge is 0.504 e. The minimum Gasteiger partial charge on any atom is -0.504 e. The third kappa shape index (κ3) is 10.4. The van der Waals surface area contributed by atoms with Crippen molar-refractivity contribution in [2.75, 3.05) is 19.8 Å². The SMILES string of the molecule is CC(=O)O[C@H]1[C@H](OCCc2ccc(O)c(O)c2)O[C@H](CO[C@H]2OC[C@@H](O)[C@H](O)[C@H]2O)[C@@H](OC(=O)C=Cc2ccc(O)c(O)c2)[C@@H]1O[C@@H]1O[C@@H](C)[C@H](O)[C@@H](O)[C@H]1O. The molecule has 10 N–H and O–H groups in total. The maximum Gasteiger partial charge on any atom is 0.331 e. The van der Waals surface area contributed by atoms with Gasteiger partial charge in [0.1, 0.15) is 48.8 Å². The van der Waals surface area contributed by atoms with Crippen LogP contribution in [-0.4, -0.2) is 169 Å². The van der Waals surface area contributed by atoms with Gasteiger partial charge in [-0.1, -0.05) is 12.1 Å². The minimum absolute atomic E-state index is 0.109. The molecule has 0 unspecified atom stereocenters. The van der Waals surface area contributed by atoms with Crippen molar-refractivity contribution in [3.63, 3.8) is 0 Å². The molecule has 0 amide bonds. The molecule has 3 heterocycles. The first-order chi connectivity index (χ1) is 26.5. The van der Waals surface area contributed by atoms with Gasteiger partial charge in [-0.2, -0.15) is 0 Å². The molecule has 2 aromatic rings. The highest BCUT2D eigenvalue weighted by Gasteiger charge is 2.55. The van der Waals surface area contributed by atoms with Gasteiger partial charge in [-0.05, 0) is 54.8 Å². The van der Waals surface area contributed by atoms with Crippen molar-refractivity contribution in [3.8, 4) is 23.0 Å². The van der Waals surface area contributed by atoms with Crippen LogP contribution in [-0.2, 0) is 53.9 Å². The molecule has 0 saturated carbocycles. The van der Waals surface area contributed by atoms with Crippen LogP contribution in [0.3, 0.4) is 0 Å². The Bertz CT molecular complexity index is 1670. The van der Waals surface area contributed by atoms with E-state index in [1.54, 1.807) is 0 Å². The third-order valence-corrected chi connectivity index (χ3v) is 9.25. The summed E-state index contributed by atoms with van der Waals surface area (Å²) in [4.78, 5) is 26.0. The molecule has 0 aromatic heterocycles. The molecule has 310 valence electrons. The molecule has 0 aliphatic carbocycles. The van der Waals surface area contributed by atoms with Gasteiger partial charge in [-0.3, -0.25) is 4.79 Å². The van der Waals surface area contributed by atoms with Crippen LogP contribution in [0.5, 0.6) is 23.0 Å². The topological polar surface area (TPSA) is 310 Å². The van der Waals surface area contributed by atoms with Crippen molar-refractivity contribution in [1.82, 2.24) is 0 Å². The Labute approximate surface area is 319 Å². The summed E-state index contributed by atoms with van der Waals surface area (Å²) in [5.74, 6) is -3.59. The molecule has 3 fully saturated rings. The first kappa shape index (κ1) is 43.0. The summed E-state index contributed by atoms with van der Waals surface area (Å²) in [6, 6.07) is 7.79. The van der Waals surface area contributed by atoms with Crippen molar-refractivity contribution >= 4 is 18.0 Å². The first-order valence-electron chi connectivity index (χ1n) is 17.5. The van der Waals surface area contributed by atoms with Crippen LogP contribution >= 0.6 is 0 Å². The lowest BCUT2D eigenvalue weighted by molar-refractivity contribution is -0.362. The number of carbonyl (C=O) groups excluding carboxylic acids is 2. The monoisotopic (exact) mass is 798 g/mol. The summed E-state index contributed by atoms with van der Waals surface area (Å²) in [6.45, 7) is 1.21. The fourth-order valence-electron chi connectivity index (χ4n) is 6.16. The van der Waals surface area contributed by atoms with E-state index < -0.39 is 128 Å². The molecule has 5 rings (SSSR count). The fraction of sp³-hybridized carbons (Fsp3) is 0.556. The number of phenols is 4. The molecule has 3 saturated heterocycles. The number of rotatable bonds is 13. The number of benzene rings is 2. The van der Waals surface area contributed by atoms with Gasteiger partial charge >= 0.3 is 11.9 Å². The molecule has 3 aliphatic heterocycles. The van der Waals surface area contributed by atoms with Crippen LogP contribution < -0.4 is 0 Å². The third-order valence-electron chi connectivity index (χ3n) is 9.25. The number of hydrogen-bond donors (Lipinski definition) is 10. The zero-order valence-electron chi connectivity index (χ0n) is 30.1. The van der Waals surface area contributed by atoms with Gasteiger partial charge in [-0.15, -0.1) is 0 Å². The van der Waals surface area contributed by atoms with E-state index in [9.17, 15) is 60.7 Å². The van der Waals surface area contributed by atoms with E-state index in [-0.39, 0.29) is 24.3 Å². The summed E-state index contributed by atoms with van der Waals surface area (Å²) in [5, 5.41) is 102. The molecular formula is C36H46O20. The summed E-state index contributed by atoms with van der Waals surface area (Å²) in [7, 11) is 0. The summed E-state index contributed by atoms with van der Waals surface area (Å²) in [6.07, 6.45) is -20.2. The van der Waals surface area contributed by atoms with Gasteiger partial charge in [0.25, 0.3) is 0 Å². The molecule has 20 nitrogen and oxygen atoms in total. The quantitative estimate of drug-likeness (QED) is 0.0596.